The van der Waals surface area contributed by atoms with Crippen molar-refractivity contribution in [3.63, 3.8) is 0 Å². The average Bonchev–Trinajstić information content (AvgIpc) is 3.51. The molecule has 6 rings (SSSR count). The van der Waals surface area contributed by atoms with Gasteiger partial charge >= 0.3 is 0 Å². The van der Waals surface area contributed by atoms with Crippen LogP contribution >= 0.6 is 11.6 Å². The zero-order valence-electron chi connectivity index (χ0n) is 19.7. The fourth-order valence-electron chi connectivity index (χ4n) is 5.46. The van der Waals surface area contributed by atoms with Gasteiger partial charge in [-0.25, -0.2) is 12.8 Å². The van der Waals surface area contributed by atoms with Gasteiger partial charge in [0.25, 0.3) is 5.89 Å². The smallest absolute Gasteiger partial charge is 0.250 e. The Morgan fingerprint density at radius 3 is 2.65 bits per heavy atom. The lowest BCUT2D eigenvalue weighted by Gasteiger charge is -2.42. The number of rotatable bonds is 4. The standard InChI is InChI=1S/C25H24ClFN4O5S/c26-16-3-1-14(2-4-16)11-31-20-7-17(18(27)8-21(20)37(33,34)12-19(28)24(31)32)23-30-29-22(36-23)15-9-25(10-15)5-6-35-13-25/h1-4,7-8,15,19H,5-6,9-13,28H2/t15?,19-,25?/m0/s1. The third-order valence-electron chi connectivity index (χ3n) is 7.47. The van der Waals surface area contributed by atoms with E-state index in [2.05, 4.69) is 10.2 Å². The molecule has 0 bridgehead atoms. The summed E-state index contributed by atoms with van der Waals surface area (Å²) in [7, 11) is -4.06. The average molecular weight is 547 g/mol. The van der Waals surface area contributed by atoms with Crippen LogP contribution in [-0.2, 0) is 25.9 Å². The van der Waals surface area contributed by atoms with E-state index in [4.69, 9.17) is 26.5 Å². The monoisotopic (exact) mass is 546 g/mol. The Balaban J connectivity index is 1.38. The molecule has 2 fully saturated rings. The normalized spacial score (nSPS) is 26.7. The summed E-state index contributed by atoms with van der Waals surface area (Å²) in [4.78, 5) is 14.2. The first-order valence-electron chi connectivity index (χ1n) is 11.9. The first kappa shape index (κ1) is 24.5. The summed E-state index contributed by atoms with van der Waals surface area (Å²) in [5.41, 5.74) is 6.73. The van der Waals surface area contributed by atoms with Crippen LogP contribution in [0.25, 0.3) is 11.5 Å². The fourth-order valence-corrected chi connectivity index (χ4v) is 7.15. The van der Waals surface area contributed by atoms with Gasteiger partial charge in [0, 0.05) is 17.5 Å². The van der Waals surface area contributed by atoms with Crippen LogP contribution < -0.4 is 10.6 Å². The van der Waals surface area contributed by atoms with Crippen molar-refractivity contribution < 1.29 is 26.8 Å². The number of amides is 1. The Hall–Kier alpha value is -2.86. The summed E-state index contributed by atoms with van der Waals surface area (Å²) in [6.45, 7) is 1.48. The maximum atomic E-state index is 15.3. The fraction of sp³-hybridized carbons (Fsp3) is 0.400. The molecular formula is C25H24ClFN4O5S. The molecule has 3 heterocycles. The van der Waals surface area contributed by atoms with Gasteiger partial charge in [-0.15, -0.1) is 10.2 Å². The Labute approximate surface area is 217 Å². The van der Waals surface area contributed by atoms with Crippen LogP contribution in [-0.4, -0.2) is 49.5 Å². The highest BCUT2D eigenvalue weighted by molar-refractivity contribution is 7.91. The first-order chi connectivity index (χ1) is 17.6. The molecule has 0 unspecified atom stereocenters. The predicted octanol–water partition coefficient (Wildman–Crippen LogP) is 3.46. The summed E-state index contributed by atoms with van der Waals surface area (Å²) in [5, 5.41) is 8.70. The number of halogens is 2. The van der Waals surface area contributed by atoms with E-state index in [0.717, 1.165) is 38.5 Å². The second-order valence-corrected chi connectivity index (χ2v) is 12.5. The number of carbonyl (C=O) groups is 1. The van der Waals surface area contributed by atoms with Crippen molar-refractivity contribution in [2.45, 2.75) is 42.7 Å². The van der Waals surface area contributed by atoms with Gasteiger partial charge in [-0.3, -0.25) is 4.79 Å². The molecule has 0 radical (unpaired) electrons. The van der Waals surface area contributed by atoms with Crippen molar-refractivity contribution in [2.24, 2.45) is 11.1 Å². The molecule has 2 aliphatic heterocycles. The number of nitrogens with zero attached hydrogens (tertiary/aromatic N) is 3. The summed E-state index contributed by atoms with van der Waals surface area (Å²) in [5.74, 6) is -1.68. The van der Waals surface area contributed by atoms with Crippen molar-refractivity contribution >= 4 is 33.0 Å². The number of fused-ring (bicyclic) bond motifs is 1. The molecular weight excluding hydrogens is 523 g/mol. The molecule has 2 aromatic carbocycles. The molecule has 37 heavy (non-hydrogen) atoms. The highest BCUT2D eigenvalue weighted by Gasteiger charge is 2.49. The van der Waals surface area contributed by atoms with Crippen LogP contribution in [0.15, 0.2) is 45.7 Å². The molecule has 3 aliphatic rings. The topological polar surface area (TPSA) is 129 Å². The number of ether oxygens (including phenoxy) is 1. The molecule has 1 aromatic heterocycles. The number of anilines is 1. The number of hydrogen-bond acceptors (Lipinski definition) is 8. The van der Waals surface area contributed by atoms with Gasteiger partial charge in [0.2, 0.25) is 11.8 Å². The maximum Gasteiger partial charge on any atom is 0.250 e. The van der Waals surface area contributed by atoms with E-state index >= 15 is 4.39 Å². The molecule has 194 valence electrons. The van der Waals surface area contributed by atoms with Gasteiger partial charge in [0.1, 0.15) is 5.82 Å². The zero-order chi connectivity index (χ0) is 25.9. The SMILES string of the molecule is N[C@H]1CS(=O)(=O)c2cc(F)c(-c3nnc(C4CC5(CCOC5)C4)o3)cc2N(Cc2ccc(Cl)cc2)C1=O. The highest BCUT2D eigenvalue weighted by Crippen LogP contribution is 2.55. The molecule has 1 atom stereocenters. The van der Waals surface area contributed by atoms with E-state index in [9.17, 15) is 13.2 Å². The number of benzene rings is 2. The molecule has 1 saturated carbocycles. The van der Waals surface area contributed by atoms with Gasteiger partial charge in [-0.1, -0.05) is 23.7 Å². The summed E-state index contributed by atoms with van der Waals surface area (Å²) in [6, 6.07) is 7.63. The van der Waals surface area contributed by atoms with E-state index in [0.29, 0.717) is 16.5 Å². The third kappa shape index (κ3) is 4.33. The quantitative estimate of drug-likeness (QED) is 0.527. The van der Waals surface area contributed by atoms with Crippen LogP contribution in [0.1, 0.15) is 36.6 Å². The van der Waals surface area contributed by atoms with Crippen LogP contribution in [0.5, 0.6) is 0 Å². The lowest BCUT2D eigenvalue weighted by atomic mass is 9.61. The molecule has 1 spiro atoms. The summed E-state index contributed by atoms with van der Waals surface area (Å²) < 4.78 is 52.8. The summed E-state index contributed by atoms with van der Waals surface area (Å²) in [6.07, 6.45) is 2.72. The molecule has 12 heteroatoms. The number of carbonyl (C=O) groups excluding carboxylic acids is 1. The second-order valence-electron chi connectivity index (χ2n) is 10.1. The molecule has 3 aromatic rings. The van der Waals surface area contributed by atoms with Gasteiger partial charge < -0.3 is 19.8 Å². The predicted molar refractivity (Wildman–Crippen MR) is 132 cm³/mol. The minimum absolute atomic E-state index is 0.00903. The highest BCUT2D eigenvalue weighted by atomic mass is 35.5. The van der Waals surface area contributed by atoms with Crippen LogP contribution in [0.2, 0.25) is 5.02 Å². The molecule has 1 amide bonds. The van der Waals surface area contributed by atoms with Crippen molar-refractivity contribution in [2.75, 3.05) is 23.9 Å². The van der Waals surface area contributed by atoms with Crippen molar-refractivity contribution in [1.29, 1.82) is 0 Å². The van der Waals surface area contributed by atoms with Crippen molar-refractivity contribution in [3.8, 4) is 11.5 Å². The number of hydrogen-bond donors (Lipinski definition) is 1. The van der Waals surface area contributed by atoms with E-state index in [-0.39, 0.29) is 39.9 Å². The Kier molecular flexibility index (Phi) is 5.86. The Morgan fingerprint density at radius 2 is 1.95 bits per heavy atom. The number of aromatic nitrogens is 2. The van der Waals surface area contributed by atoms with Crippen LogP contribution in [0.4, 0.5) is 10.1 Å². The van der Waals surface area contributed by atoms with Gasteiger partial charge in [0.15, 0.2) is 9.84 Å². The molecule has 1 aliphatic carbocycles. The van der Waals surface area contributed by atoms with Crippen LogP contribution in [0, 0.1) is 11.2 Å². The largest absolute Gasteiger partial charge is 0.420 e. The van der Waals surface area contributed by atoms with Gasteiger partial charge in [-0.2, -0.15) is 0 Å². The lowest BCUT2D eigenvalue weighted by molar-refractivity contribution is -0.119. The van der Waals surface area contributed by atoms with Crippen LogP contribution in [0.3, 0.4) is 0 Å². The van der Waals surface area contributed by atoms with Crippen molar-refractivity contribution in [1.82, 2.24) is 10.2 Å². The number of sulfone groups is 1. The summed E-state index contributed by atoms with van der Waals surface area (Å²) >= 11 is 5.98. The third-order valence-corrected chi connectivity index (χ3v) is 9.52. The van der Waals surface area contributed by atoms with E-state index in [1.807, 2.05) is 0 Å². The van der Waals surface area contributed by atoms with E-state index in [1.54, 1.807) is 24.3 Å². The molecule has 9 nitrogen and oxygen atoms in total. The van der Waals surface area contributed by atoms with E-state index in [1.165, 1.54) is 11.0 Å². The minimum Gasteiger partial charge on any atom is -0.420 e. The lowest BCUT2D eigenvalue weighted by Crippen LogP contribution is -2.45. The van der Waals surface area contributed by atoms with Crippen molar-refractivity contribution in [3.05, 3.63) is 58.7 Å². The Morgan fingerprint density at radius 1 is 1.19 bits per heavy atom. The number of nitrogens with two attached hydrogens (primary N) is 1. The van der Waals surface area contributed by atoms with Gasteiger partial charge in [0.05, 0.1) is 41.1 Å². The molecule has 2 N–H and O–H groups in total. The first-order valence-corrected chi connectivity index (χ1v) is 14.0. The minimum atomic E-state index is -4.06. The van der Waals surface area contributed by atoms with E-state index < -0.39 is 33.4 Å². The van der Waals surface area contributed by atoms with Gasteiger partial charge in [-0.05, 0) is 54.5 Å². The Bertz CT molecular complexity index is 1480. The molecule has 1 saturated heterocycles. The second kappa shape index (κ2) is 8.87. The maximum absolute atomic E-state index is 15.3. The zero-order valence-corrected chi connectivity index (χ0v) is 21.3.